The van der Waals surface area contributed by atoms with Crippen molar-refractivity contribution in [3.05, 3.63) is 70.4 Å². The Morgan fingerprint density at radius 3 is 2.94 bits per heavy atom. The van der Waals surface area contributed by atoms with Crippen molar-refractivity contribution in [2.24, 2.45) is 0 Å². The number of alkyl carbamates (subject to hydrolysis) is 1. The zero-order chi connectivity index (χ0) is 21.7. The number of carbonyl (C=O) groups excluding carboxylic acids is 1. The number of nitrogens with zero attached hydrogens (tertiary/aromatic N) is 2. The third-order valence-electron chi connectivity index (χ3n) is 6.68. The highest BCUT2D eigenvalue weighted by Crippen LogP contribution is 2.38. The highest BCUT2D eigenvalue weighted by Gasteiger charge is 2.41. The van der Waals surface area contributed by atoms with Gasteiger partial charge in [-0.1, -0.05) is 18.2 Å². The lowest BCUT2D eigenvalue weighted by molar-refractivity contribution is 0.136. The molecule has 7 nitrogen and oxygen atoms in total. The van der Waals surface area contributed by atoms with Crippen molar-refractivity contribution in [2.45, 2.75) is 51.2 Å². The van der Waals surface area contributed by atoms with E-state index in [1.165, 1.54) is 29.5 Å². The summed E-state index contributed by atoms with van der Waals surface area (Å²) in [5.41, 5.74) is 8.14. The van der Waals surface area contributed by atoms with Gasteiger partial charge in [0.1, 0.15) is 11.9 Å². The van der Waals surface area contributed by atoms with Gasteiger partial charge in [-0.05, 0) is 73.1 Å². The van der Waals surface area contributed by atoms with Gasteiger partial charge in [-0.25, -0.2) is 9.78 Å². The number of aryl methyl sites for hydroxylation is 2. The zero-order valence-electron chi connectivity index (χ0n) is 17.9. The molecule has 2 aliphatic carbocycles. The highest BCUT2D eigenvalue weighted by molar-refractivity contribution is 5.72. The standard InChI is InChI=1S/C25H25N5O2/c1-14-13-26-24(30-23(14)28-20-8-4-6-15-5-2-3-7-18(15)20)27-17-10-9-16-11-21-22(19(16)12-17)29-25(31)32-21/h4,6,8-10,12-13,21-22H,2-3,5,7,11H2,1H3,(H,29,31)(H2,26,27,28,30)/t21-,22+/m1/s1. The first kappa shape index (κ1) is 19.1. The van der Waals surface area contributed by atoms with E-state index in [9.17, 15) is 4.79 Å². The fraction of sp³-hybridized carbons (Fsp3) is 0.320. The Morgan fingerprint density at radius 1 is 1.09 bits per heavy atom. The Bertz CT molecular complexity index is 1220. The molecule has 162 valence electrons. The minimum atomic E-state index is -0.343. The third kappa shape index (κ3) is 3.34. The Morgan fingerprint density at radius 2 is 2.00 bits per heavy atom. The molecule has 32 heavy (non-hydrogen) atoms. The van der Waals surface area contributed by atoms with Crippen LogP contribution in [0, 0.1) is 6.92 Å². The number of fused-ring (bicyclic) bond motifs is 4. The zero-order valence-corrected chi connectivity index (χ0v) is 17.9. The van der Waals surface area contributed by atoms with E-state index in [-0.39, 0.29) is 18.2 Å². The van der Waals surface area contributed by atoms with E-state index < -0.39 is 0 Å². The van der Waals surface area contributed by atoms with Crippen LogP contribution in [0.25, 0.3) is 0 Å². The maximum atomic E-state index is 11.6. The van der Waals surface area contributed by atoms with Crippen LogP contribution < -0.4 is 16.0 Å². The number of hydrogen-bond acceptors (Lipinski definition) is 6. The predicted octanol–water partition coefficient (Wildman–Crippen LogP) is 4.86. The Labute approximate surface area is 186 Å². The maximum Gasteiger partial charge on any atom is 0.408 e. The molecule has 1 amide bonds. The van der Waals surface area contributed by atoms with E-state index in [4.69, 9.17) is 9.72 Å². The van der Waals surface area contributed by atoms with E-state index in [0.29, 0.717) is 5.95 Å². The van der Waals surface area contributed by atoms with Crippen molar-refractivity contribution in [1.82, 2.24) is 15.3 Å². The summed E-state index contributed by atoms with van der Waals surface area (Å²) in [4.78, 5) is 20.8. The fourth-order valence-electron chi connectivity index (χ4n) is 5.05. The SMILES string of the molecule is Cc1cnc(Nc2ccc3c(c2)[C@@H]2NC(=O)O[C@@H]2C3)nc1Nc1cccc2c1CCCC2. The first-order chi connectivity index (χ1) is 15.6. The second-order valence-electron chi connectivity index (χ2n) is 8.81. The van der Waals surface area contributed by atoms with Crippen LogP contribution >= 0.6 is 0 Å². The van der Waals surface area contributed by atoms with Gasteiger partial charge in [0.05, 0.1) is 6.04 Å². The number of aromatic nitrogens is 2. The molecule has 7 heteroatoms. The van der Waals surface area contributed by atoms with Gasteiger partial charge in [0, 0.05) is 29.6 Å². The van der Waals surface area contributed by atoms with Crippen LogP contribution in [0.3, 0.4) is 0 Å². The van der Waals surface area contributed by atoms with E-state index in [2.05, 4.69) is 51.3 Å². The van der Waals surface area contributed by atoms with Gasteiger partial charge in [0.15, 0.2) is 0 Å². The summed E-state index contributed by atoms with van der Waals surface area (Å²) in [6.07, 6.45) is 6.86. The third-order valence-corrected chi connectivity index (χ3v) is 6.68. The monoisotopic (exact) mass is 427 g/mol. The number of rotatable bonds is 4. The molecule has 3 N–H and O–H groups in total. The average Bonchev–Trinajstić information content (AvgIpc) is 3.32. The van der Waals surface area contributed by atoms with Crippen molar-refractivity contribution in [1.29, 1.82) is 0 Å². The number of ether oxygens (including phenoxy) is 1. The van der Waals surface area contributed by atoms with Crippen LogP contribution in [0.1, 0.15) is 46.7 Å². The van der Waals surface area contributed by atoms with Crippen LogP contribution in [0.5, 0.6) is 0 Å². The average molecular weight is 428 g/mol. The van der Waals surface area contributed by atoms with Crippen LogP contribution in [0.4, 0.5) is 27.9 Å². The second kappa shape index (κ2) is 7.51. The van der Waals surface area contributed by atoms with Crippen LogP contribution in [0.2, 0.25) is 0 Å². The molecule has 1 aliphatic heterocycles. The highest BCUT2D eigenvalue weighted by atomic mass is 16.6. The molecule has 1 saturated heterocycles. The minimum Gasteiger partial charge on any atom is -0.443 e. The van der Waals surface area contributed by atoms with Crippen molar-refractivity contribution in [3.63, 3.8) is 0 Å². The van der Waals surface area contributed by atoms with E-state index in [1.54, 1.807) is 0 Å². The van der Waals surface area contributed by atoms with Gasteiger partial charge in [-0.3, -0.25) is 0 Å². The lowest BCUT2D eigenvalue weighted by atomic mass is 9.90. The van der Waals surface area contributed by atoms with Crippen LogP contribution in [-0.2, 0) is 24.0 Å². The summed E-state index contributed by atoms with van der Waals surface area (Å²) in [5.74, 6) is 1.34. The molecule has 3 aliphatic rings. The molecule has 0 radical (unpaired) electrons. The largest absolute Gasteiger partial charge is 0.443 e. The van der Waals surface area contributed by atoms with E-state index in [0.717, 1.165) is 47.6 Å². The van der Waals surface area contributed by atoms with Gasteiger partial charge < -0.3 is 20.7 Å². The Balaban J connectivity index is 1.25. The van der Waals surface area contributed by atoms with Gasteiger partial charge in [0.25, 0.3) is 0 Å². The molecule has 2 atom stereocenters. The summed E-state index contributed by atoms with van der Waals surface area (Å²) in [6, 6.07) is 12.5. The summed E-state index contributed by atoms with van der Waals surface area (Å²) >= 11 is 0. The summed E-state index contributed by atoms with van der Waals surface area (Å²) < 4.78 is 5.35. The van der Waals surface area contributed by atoms with Gasteiger partial charge >= 0.3 is 6.09 Å². The molecule has 0 bridgehead atoms. The van der Waals surface area contributed by atoms with E-state index >= 15 is 0 Å². The number of hydrogen-bond donors (Lipinski definition) is 3. The lowest BCUT2D eigenvalue weighted by Crippen LogP contribution is -2.18. The molecule has 0 unspecified atom stereocenters. The van der Waals surface area contributed by atoms with Gasteiger partial charge in [-0.2, -0.15) is 4.98 Å². The molecule has 2 heterocycles. The van der Waals surface area contributed by atoms with Gasteiger partial charge in [0.2, 0.25) is 5.95 Å². The topological polar surface area (TPSA) is 88.2 Å². The van der Waals surface area contributed by atoms with Crippen molar-refractivity contribution in [2.75, 3.05) is 10.6 Å². The van der Waals surface area contributed by atoms with Crippen LogP contribution in [-0.4, -0.2) is 22.2 Å². The number of nitrogens with one attached hydrogen (secondary N) is 3. The molecular weight excluding hydrogens is 402 g/mol. The van der Waals surface area contributed by atoms with Crippen molar-refractivity contribution >= 4 is 29.2 Å². The van der Waals surface area contributed by atoms with Crippen LogP contribution in [0.15, 0.2) is 42.6 Å². The lowest BCUT2D eigenvalue weighted by Gasteiger charge is -2.20. The summed E-state index contributed by atoms with van der Waals surface area (Å²) in [6.45, 7) is 2.01. The first-order valence-electron chi connectivity index (χ1n) is 11.2. The first-order valence-corrected chi connectivity index (χ1v) is 11.2. The number of carbonyl (C=O) groups is 1. The molecule has 2 aromatic carbocycles. The molecule has 1 aromatic heterocycles. The molecule has 3 aromatic rings. The van der Waals surface area contributed by atoms with E-state index in [1.807, 2.05) is 19.2 Å². The quantitative estimate of drug-likeness (QED) is 0.551. The van der Waals surface area contributed by atoms with Crippen molar-refractivity contribution in [3.8, 4) is 0 Å². The molecule has 0 spiro atoms. The maximum absolute atomic E-state index is 11.6. The van der Waals surface area contributed by atoms with Gasteiger partial charge in [-0.15, -0.1) is 0 Å². The number of benzene rings is 2. The fourth-order valence-corrected chi connectivity index (χ4v) is 5.05. The molecule has 0 saturated carbocycles. The molecule has 1 fully saturated rings. The number of anilines is 4. The summed E-state index contributed by atoms with van der Waals surface area (Å²) in [7, 11) is 0. The Kier molecular flexibility index (Phi) is 4.48. The second-order valence-corrected chi connectivity index (χ2v) is 8.81. The molecular formula is C25H25N5O2. The molecule has 6 rings (SSSR count). The normalized spacial score (nSPS) is 20.6. The number of amides is 1. The predicted molar refractivity (Wildman–Crippen MR) is 123 cm³/mol. The minimum absolute atomic E-state index is 0.0836. The smallest absolute Gasteiger partial charge is 0.408 e. The van der Waals surface area contributed by atoms with Crippen molar-refractivity contribution < 1.29 is 9.53 Å². The Hall–Kier alpha value is -3.61. The summed E-state index contributed by atoms with van der Waals surface area (Å²) in [5, 5.41) is 9.77.